The van der Waals surface area contributed by atoms with E-state index < -0.39 is 38.4 Å². The molecule has 0 aromatic carbocycles. The van der Waals surface area contributed by atoms with Crippen LogP contribution in [0.2, 0.25) is 18.1 Å². The van der Waals surface area contributed by atoms with Gasteiger partial charge in [-0.2, -0.15) is 0 Å². The standard InChI is InChI=1S/C18H31FN2O3Si/c1-11-18(5,22)16(24-25(6,7)17(2,3)4)14(19)15(23-11)12-8-9-21-10-13(12)20/h8-11,14-16,22H,20H2,1-7H3. The van der Waals surface area contributed by atoms with Gasteiger partial charge in [0.05, 0.1) is 18.0 Å². The minimum atomic E-state index is -2.30. The van der Waals surface area contributed by atoms with E-state index in [4.69, 9.17) is 14.9 Å². The Morgan fingerprint density at radius 1 is 1.40 bits per heavy atom. The molecule has 5 unspecified atom stereocenters. The molecule has 5 atom stereocenters. The van der Waals surface area contributed by atoms with Crippen molar-refractivity contribution in [2.45, 2.75) is 82.8 Å². The number of alkyl halides is 1. The van der Waals surface area contributed by atoms with Crippen LogP contribution in [0.15, 0.2) is 18.5 Å². The summed E-state index contributed by atoms with van der Waals surface area (Å²) in [6, 6.07) is 1.66. The molecule has 0 amide bonds. The first-order chi connectivity index (χ1) is 11.3. The highest BCUT2D eigenvalue weighted by atomic mass is 28.4. The van der Waals surface area contributed by atoms with Gasteiger partial charge in [-0.3, -0.25) is 4.98 Å². The lowest BCUT2D eigenvalue weighted by Gasteiger charge is -2.51. The van der Waals surface area contributed by atoms with Crippen molar-refractivity contribution in [1.82, 2.24) is 4.98 Å². The summed E-state index contributed by atoms with van der Waals surface area (Å²) in [7, 11) is -2.30. The third kappa shape index (κ3) is 3.74. The second-order valence-corrected chi connectivity index (χ2v) is 13.4. The number of aliphatic hydroxyl groups is 1. The van der Waals surface area contributed by atoms with Gasteiger partial charge < -0.3 is 20.0 Å². The van der Waals surface area contributed by atoms with Crippen molar-refractivity contribution in [3.63, 3.8) is 0 Å². The lowest BCUT2D eigenvalue weighted by molar-refractivity contribution is -0.241. The Bertz CT molecular complexity index is 619. The lowest BCUT2D eigenvalue weighted by Crippen LogP contribution is -2.64. The van der Waals surface area contributed by atoms with Crippen molar-refractivity contribution in [2.24, 2.45) is 0 Å². The molecule has 1 fully saturated rings. The summed E-state index contributed by atoms with van der Waals surface area (Å²) in [5.41, 5.74) is 5.43. The molecule has 5 nitrogen and oxygen atoms in total. The molecular formula is C18H31FN2O3Si. The molecule has 142 valence electrons. The summed E-state index contributed by atoms with van der Waals surface area (Å²) in [5, 5.41) is 10.8. The first-order valence-electron chi connectivity index (χ1n) is 8.68. The van der Waals surface area contributed by atoms with E-state index in [2.05, 4.69) is 25.8 Å². The van der Waals surface area contributed by atoms with Crippen molar-refractivity contribution in [1.29, 1.82) is 0 Å². The molecular weight excluding hydrogens is 339 g/mol. The number of hydrogen-bond donors (Lipinski definition) is 2. The summed E-state index contributed by atoms with van der Waals surface area (Å²) < 4.78 is 27.6. The fourth-order valence-corrected chi connectivity index (χ4v) is 4.10. The minimum Gasteiger partial charge on any atom is -0.408 e. The first-order valence-corrected chi connectivity index (χ1v) is 11.6. The summed E-state index contributed by atoms with van der Waals surface area (Å²) in [6.07, 6.45) is -0.991. The Hall–Kier alpha value is -1.02. The SMILES string of the molecule is CC1OC(c2ccncc2N)C(F)C(O[Si](C)(C)C(C)(C)C)C1(C)O. The fraction of sp³-hybridized carbons (Fsp3) is 0.722. The number of aromatic nitrogens is 1. The Morgan fingerprint density at radius 2 is 2.00 bits per heavy atom. The Morgan fingerprint density at radius 3 is 2.52 bits per heavy atom. The van der Waals surface area contributed by atoms with E-state index >= 15 is 4.39 Å². The average molecular weight is 371 g/mol. The quantitative estimate of drug-likeness (QED) is 0.795. The summed E-state index contributed by atoms with van der Waals surface area (Å²) >= 11 is 0. The largest absolute Gasteiger partial charge is 0.408 e. The minimum absolute atomic E-state index is 0.102. The number of hydrogen-bond acceptors (Lipinski definition) is 5. The number of halogens is 1. The van der Waals surface area contributed by atoms with Gasteiger partial charge in [0.25, 0.3) is 0 Å². The highest BCUT2D eigenvalue weighted by molar-refractivity contribution is 6.74. The molecule has 0 aliphatic carbocycles. The normalized spacial score (nSPS) is 34.1. The molecule has 0 bridgehead atoms. The number of nitrogen functional groups attached to an aromatic ring is 1. The van der Waals surface area contributed by atoms with Crippen LogP contribution in [-0.4, -0.2) is 42.4 Å². The molecule has 1 saturated heterocycles. The molecule has 0 saturated carbocycles. The predicted octanol–water partition coefficient (Wildman–Crippen LogP) is 3.60. The third-order valence-electron chi connectivity index (χ3n) is 5.75. The van der Waals surface area contributed by atoms with Crippen LogP contribution in [0.3, 0.4) is 0 Å². The second kappa shape index (κ2) is 6.61. The van der Waals surface area contributed by atoms with Gasteiger partial charge in [-0.05, 0) is 38.0 Å². The number of anilines is 1. The monoisotopic (exact) mass is 370 g/mol. The molecule has 3 N–H and O–H groups in total. The van der Waals surface area contributed by atoms with Crippen LogP contribution < -0.4 is 5.73 Å². The molecule has 1 aromatic heterocycles. The Labute approximate surface area is 150 Å². The fourth-order valence-electron chi connectivity index (χ4n) is 2.75. The molecule has 2 rings (SSSR count). The van der Waals surface area contributed by atoms with Crippen LogP contribution in [0.5, 0.6) is 0 Å². The first kappa shape index (κ1) is 20.3. The molecule has 1 aromatic rings. The number of ether oxygens (including phenoxy) is 1. The lowest BCUT2D eigenvalue weighted by atomic mass is 9.83. The topological polar surface area (TPSA) is 77.6 Å². The molecule has 0 radical (unpaired) electrons. The Kier molecular flexibility index (Phi) is 5.36. The van der Waals surface area contributed by atoms with E-state index in [1.165, 1.54) is 6.20 Å². The van der Waals surface area contributed by atoms with Gasteiger partial charge in [-0.25, -0.2) is 4.39 Å². The van der Waals surface area contributed by atoms with Crippen LogP contribution in [0.1, 0.15) is 46.3 Å². The Balaban J connectivity index is 2.40. The van der Waals surface area contributed by atoms with Gasteiger partial charge in [0.2, 0.25) is 0 Å². The van der Waals surface area contributed by atoms with Gasteiger partial charge >= 0.3 is 0 Å². The zero-order valence-electron chi connectivity index (χ0n) is 16.2. The van der Waals surface area contributed by atoms with Crippen LogP contribution in [0, 0.1) is 0 Å². The third-order valence-corrected chi connectivity index (χ3v) is 10.2. The smallest absolute Gasteiger partial charge is 0.192 e. The van der Waals surface area contributed by atoms with E-state index in [0.717, 1.165) is 0 Å². The maximum atomic E-state index is 15.5. The van der Waals surface area contributed by atoms with Crippen LogP contribution in [0.25, 0.3) is 0 Å². The summed E-state index contributed by atoms with van der Waals surface area (Å²) in [4.78, 5) is 3.95. The predicted molar refractivity (Wildman–Crippen MR) is 99.5 cm³/mol. The number of pyridine rings is 1. The molecule has 0 spiro atoms. The maximum absolute atomic E-state index is 15.5. The van der Waals surface area contributed by atoms with Gasteiger partial charge in [0.15, 0.2) is 14.5 Å². The van der Waals surface area contributed by atoms with E-state index in [1.807, 2.05) is 13.1 Å². The van der Waals surface area contributed by atoms with Gasteiger partial charge in [0, 0.05) is 11.8 Å². The van der Waals surface area contributed by atoms with Crippen LogP contribution in [-0.2, 0) is 9.16 Å². The summed E-state index contributed by atoms with van der Waals surface area (Å²) in [5.74, 6) is 0. The highest BCUT2D eigenvalue weighted by Gasteiger charge is 2.55. The molecule has 7 heteroatoms. The highest BCUT2D eigenvalue weighted by Crippen LogP contribution is 2.45. The van der Waals surface area contributed by atoms with Crippen molar-refractivity contribution < 1.29 is 18.7 Å². The van der Waals surface area contributed by atoms with Crippen LogP contribution >= 0.6 is 0 Å². The zero-order valence-corrected chi connectivity index (χ0v) is 17.2. The van der Waals surface area contributed by atoms with Crippen molar-refractivity contribution in [3.05, 3.63) is 24.0 Å². The number of rotatable bonds is 3. The van der Waals surface area contributed by atoms with E-state index in [1.54, 1.807) is 26.1 Å². The van der Waals surface area contributed by atoms with E-state index in [9.17, 15) is 5.11 Å². The molecule has 1 aliphatic rings. The second-order valence-electron chi connectivity index (χ2n) is 8.67. The molecule has 1 aliphatic heterocycles. The van der Waals surface area contributed by atoms with Gasteiger partial charge in [-0.1, -0.05) is 20.8 Å². The van der Waals surface area contributed by atoms with Crippen LogP contribution in [0.4, 0.5) is 10.1 Å². The summed E-state index contributed by atoms with van der Waals surface area (Å²) in [6.45, 7) is 13.7. The van der Waals surface area contributed by atoms with Crippen molar-refractivity contribution in [3.8, 4) is 0 Å². The van der Waals surface area contributed by atoms with E-state index in [0.29, 0.717) is 11.3 Å². The van der Waals surface area contributed by atoms with Crippen molar-refractivity contribution in [2.75, 3.05) is 5.73 Å². The van der Waals surface area contributed by atoms with Gasteiger partial charge in [-0.15, -0.1) is 0 Å². The number of nitrogens with zero attached hydrogens (tertiary/aromatic N) is 1. The average Bonchev–Trinajstić information content (AvgIpc) is 2.47. The molecule has 2 heterocycles. The zero-order chi connectivity index (χ0) is 19.2. The maximum Gasteiger partial charge on any atom is 0.192 e. The number of nitrogens with two attached hydrogens (primary N) is 1. The molecule has 25 heavy (non-hydrogen) atoms. The van der Waals surface area contributed by atoms with Gasteiger partial charge in [0.1, 0.15) is 17.8 Å². The van der Waals surface area contributed by atoms with E-state index in [-0.39, 0.29) is 5.04 Å². The van der Waals surface area contributed by atoms with Crippen molar-refractivity contribution >= 4 is 14.0 Å².